The van der Waals surface area contributed by atoms with Crippen molar-refractivity contribution in [1.29, 1.82) is 0 Å². The van der Waals surface area contributed by atoms with Gasteiger partial charge >= 0.3 is 0 Å². The number of anilines is 1. The minimum Gasteiger partial charge on any atom is -0.550 e. The Morgan fingerprint density at radius 3 is 2.26 bits per heavy atom. The van der Waals surface area contributed by atoms with E-state index in [1.165, 1.54) is 22.5 Å². The number of aryl methyl sites for hydroxylation is 1. The second-order valence-electron chi connectivity index (χ2n) is 7.18. The van der Waals surface area contributed by atoms with Crippen LogP contribution < -0.4 is 10.1 Å². The Morgan fingerprint density at radius 1 is 1.15 bits per heavy atom. The molecule has 5 heteroatoms. The van der Waals surface area contributed by atoms with Gasteiger partial charge in [-0.3, -0.25) is 5.01 Å². The SMILES string of the molecule is CC(=O)[O-].Cc1ccc(N(C)N=CC2=[N+](C)c3ccccc3C2(C)C)cc1. The number of nitrogens with zero attached hydrogens (tertiary/aromatic N) is 3. The van der Waals surface area contributed by atoms with Crippen molar-refractivity contribution >= 4 is 29.3 Å². The second kappa shape index (κ2) is 8.16. The molecule has 0 saturated heterocycles. The van der Waals surface area contributed by atoms with Crippen molar-refractivity contribution < 1.29 is 14.5 Å². The van der Waals surface area contributed by atoms with Crippen LogP contribution >= 0.6 is 0 Å². The van der Waals surface area contributed by atoms with E-state index in [9.17, 15) is 0 Å². The number of carboxylic acid groups (broad SMARTS) is 1. The van der Waals surface area contributed by atoms with Crippen molar-refractivity contribution in [3.05, 3.63) is 59.7 Å². The first-order valence-electron chi connectivity index (χ1n) is 8.87. The third kappa shape index (κ3) is 4.61. The highest BCUT2D eigenvalue weighted by Crippen LogP contribution is 2.38. The first-order valence-corrected chi connectivity index (χ1v) is 8.87. The molecule has 0 fully saturated rings. The summed E-state index contributed by atoms with van der Waals surface area (Å²) < 4.78 is 2.24. The number of hydrazone groups is 1. The quantitative estimate of drug-likeness (QED) is 0.477. The molecule has 0 aromatic heterocycles. The zero-order valence-electron chi connectivity index (χ0n) is 16.9. The van der Waals surface area contributed by atoms with Crippen LogP contribution in [-0.2, 0) is 10.2 Å². The molecule has 0 spiro atoms. The number of carbonyl (C=O) groups excluding carboxylic acids is 1. The molecule has 0 radical (unpaired) electrons. The van der Waals surface area contributed by atoms with Gasteiger partial charge in [-0.2, -0.15) is 9.68 Å². The van der Waals surface area contributed by atoms with Gasteiger partial charge in [0.1, 0.15) is 13.3 Å². The molecule has 1 aliphatic heterocycles. The van der Waals surface area contributed by atoms with Gasteiger partial charge < -0.3 is 9.90 Å². The summed E-state index contributed by atoms with van der Waals surface area (Å²) in [5.74, 6) is -1.08. The van der Waals surface area contributed by atoms with Crippen LogP contribution in [0.1, 0.15) is 31.9 Å². The highest BCUT2D eigenvalue weighted by molar-refractivity contribution is 6.33. The van der Waals surface area contributed by atoms with E-state index in [1.807, 2.05) is 18.3 Å². The first kappa shape index (κ1) is 20.4. The fourth-order valence-corrected chi connectivity index (χ4v) is 3.20. The van der Waals surface area contributed by atoms with Gasteiger partial charge in [-0.05, 0) is 39.8 Å². The van der Waals surface area contributed by atoms with Crippen molar-refractivity contribution in [1.82, 2.24) is 0 Å². The molecular weight excluding hydrogens is 338 g/mol. The van der Waals surface area contributed by atoms with E-state index < -0.39 is 5.97 Å². The lowest BCUT2D eigenvalue weighted by atomic mass is 9.82. The fourth-order valence-electron chi connectivity index (χ4n) is 3.20. The van der Waals surface area contributed by atoms with Crippen LogP contribution in [-0.4, -0.2) is 36.6 Å². The van der Waals surface area contributed by atoms with E-state index in [1.54, 1.807) is 0 Å². The molecule has 0 bridgehead atoms. The Balaban J connectivity index is 0.000000596. The summed E-state index contributed by atoms with van der Waals surface area (Å²) in [6.45, 7) is 7.57. The number of rotatable bonds is 3. The van der Waals surface area contributed by atoms with Crippen molar-refractivity contribution in [2.75, 3.05) is 19.1 Å². The van der Waals surface area contributed by atoms with Gasteiger partial charge in [0, 0.05) is 24.6 Å². The lowest BCUT2D eigenvalue weighted by molar-refractivity contribution is -0.400. The molecule has 0 saturated carbocycles. The highest BCUT2D eigenvalue weighted by atomic mass is 16.4. The fraction of sp³-hybridized carbons (Fsp3) is 0.318. The van der Waals surface area contributed by atoms with E-state index in [2.05, 4.69) is 86.0 Å². The third-order valence-electron chi connectivity index (χ3n) is 4.70. The van der Waals surface area contributed by atoms with Gasteiger partial charge in [0.25, 0.3) is 0 Å². The van der Waals surface area contributed by atoms with Crippen LogP contribution in [0.4, 0.5) is 11.4 Å². The number of fused-ring (bicyclic) bond motifs is 1. The molecule has 142 valence electrons. The topological polar surface area (TPSA) is 58.7 Å². The lowest BCUT2D eigenvalue weighted by Crippen LogP contribution is -2.30. The van der Waals surface area contributed by atoms with E-state index in [0.29, 0.717) is 0 Å². The molecule has 0 atom stereocenters. The Morgan fingerprint density at radius 2 is 1.70 bits per heavy atom. The van der Waals surface area contributed by atoms with Crippen LogP contribution in [0.25, 0.3) is 0 Å². The van der Waals surface area contributed by atoms with Crippen molar-refractivity contribution in [2.24, 2.45) is 5.10 Å². The van der Waals surface area contributed by atoms with Gasteiger partial charge in [0.2, 0.25) is 11.4 Å². The number of carboxylic acids is 1. The van der Waals surface area contributed by atoms with Crippen LogP contribution in [0, 0.1) is 6.92 Å². The average molecular weight is 365 g/mol. The maximum absolute atomic E-state index is 8.89. The number of para-hydroxylation sites is 1. The Bertz CT molecular complexity index is 877. The number of hydrogen-bond donors (Lipinski definition) is 0. The minimum absolute atomic E-state index is 0.0387. The van der Waals surface area contributed by atoms with E-state index >= 15 is 0 Å². The number of aliphatic carboxylic acids is 1. The standard InChI is InChI=1S/C20H24N3.C2H4O2/c1-15-10-12-16(13-11-15)23(5)21-14-19-20(2,3)17-8-6-7-9-18(17)22(19)4;1-2(3)4/h6-14H,1-5H3;1H3,(H,3,4)/q+1;/p-1. The normalized spacial score (nSPS) is 14.6. The number of benzene rings is 2. The summed E-state index contributed by atoms with van der Waals surface area (Å²) >= 11 is 0. The molecule has 5 nitrogen and oxygen atoms in total. The summed E-state index contributed by atoms with van der Waals surface area (Å²) in [6, 6.07) is 17.0. The Kier molecular flexibility index (Phi) is 6.16. The zero-order valence-corrected chi connectivity index (χ0v) is 16.9. The summed E-state index contributed by atoms with van der Waals surface area (Å²) in [7, 11) is 4.09. The highest BCUT2D eigenvalue weighted by Gasteiger charge is 2.43. The van der Waals surface area contributed by atoms with Gasteiger partial charge in [0.15, 0.2) is 0 Å². The van der Waals surface area contributed by atoms with Crippen LogP contribution in [0.5, 0.6) is 0 Å². The van der Waals surface area contributed by atoms with Gasteiger partial charge in [-0.1, -0.05) is 35.9 Å². The van der Waals surface area contributed by atoms with Crippen LogP contribution in [0.3, 0.4) is 0 Å². The van der Waals surface area contributed by atoms with Crippen LogP contribution in [0.2, 0.25) is 0 Å². The molecule has 0 unspecified atom stereocenters. The molecule has 1 aliphatic rings. The molecule has 0 aliphatic carbocycles. The van der Waals surface area contributed by atoms with Crippen molar-refractivity contribution in [3.63, 3.8) is 0 Å². The lowest BCUT2D eigenvalue weighted by Gasteiger charge is -2.16. The molecule has 3 rings (SSSR count). The predicted octanol–water partition coefficient (Wildman–Crippen LogP) is 2.88. The van der Waals surface area contributed by atoms with Crippen molar-refractivity contribution in [3.8, 4) is 0 Å². The van der Waals surface area contributed by atoms with E-state index in [0.717, 1.165) is 12.6 Å². The van der Waals surface area contributed by atoms with Gasteiger partial charge in [-0.15, -0.1) is 0 Å². The zero-order chi connectivity index (χ0) is 20.2. The monoisotopic (exact) mass is 365 g/mol. The Hall–Kier alpha value is -2.95. The summed E-state index contributed by atoms with van der Waals surface area (Å²) in [6.07, 6.45) is 1.99. The van der Waals surface area contributed by atoms with E-state index in [4.69, 9.17) is 9.90 Å². The average Bonchev–Trinajstić information content (AvgIpc) is 2.80. The van der Waals surface area contributed by atoms with Gasteiger partial charge in [-0.25, -0.2) is 0 Å². The number of carbonyl (C=O) groups is 1. The summed E-state index contributed by atoms with van der Waals surface area (Å²) in [4.78, 5) is 8.89. The molecule has 0 N–H and O–H groups in total. The molecule has 2 aromatic rings. The van der Waals surface area contributed by atoms with Gasteiger partial charge in [0.05, 0.1) is 11.1 Å². The molecular formula is C22H27N3O2. The predicted molar refractivity (Wildman–Crippen MR) is 109 cm³/mol. The summed E-state index contributed by atoms with van der Waals surface area (Å²) in [5, 5.41) is 15.5. The van der Waals surface area contributed by atoms with Crippen molar-refractivity contribution in [2.45, 2.75) is 33.1 Å². The second-order valence-corrected chi connectivity index (χ2v) is 7.18. The molecule has 0 amide bonds. The molecule has 1 heterocycles. The van der Waals surface area contributed by atoms with Crippen LogP contribution in [0.15, 0.2) is 53.6 Å². The maximum Gasteiger partial charge on any atom is 0.212 e. The molecule has 2 aromatic carbocycles. The summed E-state index contributed by atoms with van der Waals surface area (Å²) in [5.41, 5.74) is 6.12. The molecule has 27 heavy (non-hydrogen) atoms. The Labute approximate surface area is 161 Å². The first-order chi connectivity index (χ1) is 12.6. The third-order valence-corrected chi connectivity index (χ3v) is 4.70. The smallest absolute Gasteiger partial charge is 0.212 e. The number of hydrogen-bond acceptors (Lipinski definition) is 4. The largest absolute Gasteiger partial charge is 0.550 e. The van der Waals surface area contributed by atoms with E-state index in [-0.39, 0.29) is 5.41 Å². The minimum atomic E-state index is -1.08. The maximum atomic E-state index is 8.89.